The van der Waals surface area contributed by atoms with Crippen molar-refractivity contribution < 1.29 is 14.6 Å². The lowest BCUT2D eigenvalue weighted by atomic mass is 9.98. The third kappa shape index (κ3) is 3.24. The summed E-state index contributed by atoms with van der Waals surface area (Å²) in [6.07, 6.45) is 2.37. The zero-order chi connectivity index (χ0) is 15.4. The molecule has 0 bridgehead atoms. The first-order valence-corrected chi connectivity index (χ1v) is 7.00. The van der Waals surface area contributed by atoms with Crippen molar-refractivity contribution in [2.24, 2.45) is 7.05 Å². The monoisotopic (exact) mass is 288 g/mol. The van der Waals surface area contributed by atoms with Gasteiger partial charge in [0.05, 0.1) is 11.9 Å². The summed E-state index contributed by atoms with van der Waals surface area (Å²) in [5.74, 6) is 0.202. The average Bonchev–Trinajstić information content (AvgIpc) is 2.86. The Balaban J connectivity index is 2.21. The predicted octanol–water partition coefficient (Wildman–Crippen LogP) is 3.21. The SMILES string of the molecule is CCC(C)c1ccccc1OCc1c(C(=O)O)cnn1C. The van der Waals surface area contributed by atoms with Crippen molar-refractivity contribution >= 4 is 5.97 Å². The molecule has 5 nitrogen and oxygen atoms in total. The Morgan fingerprint density at radius 3 is 2.81 bits per heavy atom. The highest BCUT2D eigenvalue weighted by Crippen LogP contribution is 2.29. The molecule has 0 spiro atoms. The van der Waals surface area contributed by atoms with Gasteiger partial charge in [0.15, 0.2) is 0 Å². The van der Waals surface area contributed by atoms with Crippen LogP contribution in [0.15, 0.2) is 30.5 Å². The van der Waals surface area contributed by atoms with Gasteiger partial charge < -0.3 is 9.84 Å². The summed E-state index contributed by atoms with van der Waals surface area (Å²) in [5.41, 5.74) is 1.87. The standard InChI is InChI=1S/C16H20N2O3/c1-4-11(2)12-7-5-6-8-15(12)21-10-14-13(16(19)20)9-17-18(14)3/h5-9,11H,4,10H2,1-3H3,(H,19,20). The second-order valence-corrected chi connectivity index (χ2v) is 5.07. The summed E-state index contributed by atoms with van der Waals surface area (Å²) in [6, 6.07) is 7.87. The summed E-state index contributed by atoms with van der Waals surface area (Å²) in [6.45, 7) is 4.46. The van der Waals surface area contributed by atoms with E-state index in [1.807, 2.05) is 24.3 Å². The lowest BCUT2D eigenvalue weighted by Gasteiger charge is -2.16. The maximum atomic E-state index is 11.2. The van der Waals surface area contributed by atoms with Crippen LogP contribution in [0.4, 0.5) is 0 Å². The minimum absolute atomic E-state index is 0.179. The van der Waals surface area contributed by atoms with Crippen LogP contribution in [-0.4, -0.2) is 20.9 Å². The van der Waals surface area contributed by atoms with Gasteiger partial charge in [-0.25, -0.2) is 4.79 Å². The molecule has 1 heterocycles. The number of carbonyl (C=O) groups is 1. The topological polar surface area (TPSA) is 64.3 Å². The third-order valence-electron chi connectivity index (χ3n) is 3.72. The molecule has 1 N–H and O–H groups in total. The van der Waals surface area contributed by atoms with E-state index in [0.29, 0.717) is 11.6 Å². The smallest absolute Gasteiger partial charge is 0.339 e. The van der Waals surface area contributed by atoms with Crippen LogP contribution in [0.2, 0.25) is 0 Å². The van der Waals surface area contributed by atoms with Gasteiger partial charge in [0, 0.05) is 7.05 Å². The van der Waals surface area contributed by atoms with E-state index in [4.69, 9.17) is 9.84 Å². The largest absolute Gasteiger partial charge is 0.487 e. The van der Waals surface area contributed by atoms with Crippen LogP contribution < -0.4 is 4.74 Å². The molecule has 112 valence electrons. The predicted molar refractivity (Wildman–Crippen MR) is 79.6 cm³/mol. The van der Waals surface area contributed by atoms with Gasteiger partial charge in [0.2, 0.25) is 0 Å². The van der Waals surface area contributed by atoms with Crippen molar-refractivity contribution in [2.75, 3.05) is 0 Å². The molecule has 0 saturated carbocycles. The number of ether oxygens (including phenoxy) is 1. The molecule has 0 radical (unpaired) electrons. The molecule has 0 aliphatic carbocycles. The Hall–Kier alpha value is -2.30. The van der Waals surface area contributed by atoms with E-state index in [-0.39, 0.29) is 12.2 Å². The fraction of sp³-hybridized carbons (Fsp3) is 0.375. The Labute approximate surface area is 124 Å². The Kier molecular flexibility index (Phi) is 4.62. The minimum atomic E-state index is -0.989. The van der Waals surface area contributed by atoms with Gasteiger partial charge in [-0.1, -0.05) is 32.0 Å². The number of hydrogen-bond donors (Lipinski definition) is 1. The van der Waals surface area contributed by atoms with Crippen LogP contribution in [-0.2, 0) is 13.7 Å². The molecule has 1 unspecified atom stereocenters. The van der Waals surface area contributed by atoms with E-state index < -0.39 is 5.97 Å². The normalized spacial score (nSPS) is 12.1. The van der Waals surface area contributed by atoms with Crippen molar-refractivity contribution in [3.8, 4) is 5.75 Å². The molecule has 1 aromatic heterocycles. The molecule has 21 heavy (non-hydrogen) atoms. The van der Waals surface area contributed by atoms with E-state index >= 15 is 0 Å². The second-order valence-electron chi connectivity index (χ2n) is 5.07. The number of benzene rings is 1. The number of carboxylic acids is 1. The second kappa shape index (κ2) is 6.43. The number of aryl methyl sites for hydroxylation is 1. The Bertz CT molecular complexity index is 634. The Morgan fingerprint density at radius 1 is 1.43 bits per heavy atom. The number of carboxylic acid groups (broad SMARTS) is 1. The van der Waals surface area contributed by atoms with Crippen molar-refractivity contribution in [1.82, 2.24) is 9.78 Å². The highest BCUT2D eigenvalue weighted by atomic mass is 16.5. The van der Waals surface area contributed by atoms with Gasteiger partial charge in [-0.3, -0.25) is 4.68 Å². The highest BCUT2D eigenvalue weighted by molar-refractivity contribution is 5.88. The molecule has 0 aliphatic rings. The van der Waals surface area contributed by atoms with Gasteiger partial charge in [-0.05, 0) is 24.0 Å². The number of hydrogen-bond acceptors (Lipinski definition) is 3. The van der Waals surface area contributed by atoms with Crippen LogP contribution in [0.5, 0.6) is 5.75 Å². The zero-order valence-electron chi connectivity index (χ0n) is 12.5. The third-order valence-corrected chi connectivity index (χ3v) is 3.72. The molecule has 0 amide bonds. The summed E-state index contributed by atoms with van der Waals surface area (Å²) in [4.78, 5) is 11.2. The zero-order valence-corrected chi connectivity index (χ0v) is 12.5. The van der Waals surface area contributed by atoms with Gasteiger partial charge >= 0.3 is 5.97 Å². The first-order valence-electron chi connectivity index (χ1n) is 7.00. The van der Waals surface area contributed by atoms with E-state index in [2.05, 4.69) is 18.9 Å². The van der Waals surface area contributed by atoms with Crippen molar-refractivity contribution in [2.45, 2.75) is 32.8 Å². The van der Waals surface area contributed by atoms with Gasteiger partial charge in [-0.2, -0.15) is 5.10 Å². The van der Waals surface area contributed by atoms with Crippen LogP contribution in [0.25, 0.3) is 0 Å². The highest BCUT2D eigenvalue weighted by Gasteiger charge is 2.16. The van der Waals surface area contributed by atoms with Gasteiger partial charge in [0.25, 0.3) is 0 Å². The van der Waals surface area contributed by atoms with E-state index in [1.54, 1.807) is 7.05 Å². The van der Waals surface area contributed by atoms with Crippen LogP contribution in [0.3, 0.4) is 0 Å². The first kappa shape index (κ1) is 15.1. The summed E-state index contributed by atoms with van der Waals surface area (Å²) in [7, 11) is 1.71. The number of rotatable bonds is 6. The molecule has 0 aliphatic heterocycles. The Morgan fingerprint density at radius 2 is 2.14 bits per heavy atom. The van der Waals surface area contributed by atoms with Gasteiger partial charge in [-0.15, -0.1) is 0 Å². The average molecular weight is 288 g/mol. The van der Waals surface area contributed by atoms with E-state index in [0.717, 1.165) is 17.7 Å². The maximum absolute atomic E-state index is 11.2. The first-order chi connectivity index (χ1) is 10.0. The van der Waals surface area contributed by atoms with Crippen molar-refractivity contribution in [1.29, 1.82) is 0 Å². The summed E-state index contributed by atoms with van der Waals surface area (Å²) in [5, 5.41) is 13.1. The lowest BCUT2D eigenvalue weighted by molar-refractivity contribution is 0.0693. The molecule has 0 fully saturated rings. The molecular weight excluding hydrogens is 268 g/mol. The number of nitrogens with zero attached hydrogens (tertiary/aromatic N) is 2. The molecular formula is C16H20N2O3. The summed E-state index contributed by atoms with van der Waals surface area (Å²) >= 11 is 0. The minimum Gasteiger partial charge on any atom is -0.487 e. The van der Waals surface area contributed by atoms with Crippen LogP contribution >= 0.6 is 0 Å². The quantitative estimate of drug-likeness (QED) is 0.886. The van der Waals surface area contributed by atoms with E-state index in [9.17, 15) is 4.79 Å². The lowest BCUT2D eigenvalue weighted by Crippen LogP contribution is -2.09. The van der Waals surface area contributed by atoms with Crippen molar-refractivity contribution in [3.05, 3.63) is 47.3 Å². The molecule has 2 rings (SSSR count). The molecule has 2 aromatic rings. The molecule has 5 heteroatoms. The maximum Gasteiger partial charge on any atom is 0.339 e. The van der Waals surface area contributed by atoms with Gasteiger partial charge in [0.1, 0.15) is 17.9 Å². The molecule has 1 aromatic carbocycles. The van der Waals surface area contributed by atoms with E-state index in [1.165, 1.54) is 10.9 Å². The summed E-state index contributed by atoms with van der Waals surface area (Å²) < 4.78 is 7.39. The van der Waals surface area contributed by atoms with Crippen LogP contribution in [0, 0.1) is 0 Å². The molecule has 0 saturated heterocycles. The fourth-order valence-corrected chi connectivity index (χ4v) is 2.20. The number of aromatic nitrogens is 2. The molecule has 1 atom stereocenters. The fourth-order valence-electron chi connectivity index (χ4n) is 2.20. The van der Waals surface area contributed by atoms with Crippen LogP contribution in [0.1, 0.15) is 47.8 Å². The van der Waals surface area contributed by atoms with Crippen molar-refractivity contribution in [3.63, 3.8) is 0 Å². The number of para-hydroxylation sites is 1. The number of aromatic carboxylic acids is 1.